The number of anilines is 1. The van der Waals surface area contributed by atoms with Crippen LogP contribution < -0.4 is 15.4 Å². The number of para-hydroxylation sites is 1. The molecule has 4 rings (SSSR count). The normalized spacial score (nSPS) is 17.7. The summed E-state index contributed by atoms with van der Waals surface area (Å²) in [4.78, 5) is 43.3. The van der Waals surface area contributed by atoms with Crippen molar-refractivity contribution in [1.82, 2.24) is 25.0 Å². The van der Waals surface area contributed by atoms with Gasteiger partial charge in [0.05, 0.1) is 18.5 Å². The number of carbonyl (C=O) groups excluding carboxylic acids is 3. The lowest BCUT2D eigenvalue weighted by molar-refractivity contribution is -0.133. The summed E-state index contributed by atoms with van der Waals surface area (Å²) in [5.41, 5.74) is 0.442. The molecule has 1 aliphatic rings. The van der Waals surface area contributed by atoms with Gasteiger partial charge in [0.2, 0.25) is 5.91 Å². The number of methoxy groups -OCH3 is 1. The molecule has 2 heterocycles. The summed E-state index contributed by atoms with van der Waals surface area (Å²) in [5, 5.41) is 9.85. The van der Waals surface area contributed by atoms with Gasteiger partial charge in [0.15, 0.2) is 0 Å². The molecule has 2 N–H and O–H groups in total. The minimum Gasteiger partial charge on any atom is -0.496 e. The monoisotopic (exact) mass is 468 g/mol. The van der Waals surface area contributed by atoms with Crippen molar-refractivity contribution in [3.05, 3.63) is 65.7 Å². The topological polar surface area (TPSA) is 118 Å². The van der Waals surface area contributed by atoms with Crippen molar-refractivity contribution in [1.29, 1.82) is 0 Å². The Labute approximate surface area is 194 Å². The number of hydrogen-bond acceptors (Lipinski definition) is 6. The first-order valence-corrected chi connectivity index (χ1v) is 10.4. The quantitative estimate of drug-likeness (QED) is 0.514. The van der Waals surface area contributed by atoms with E-state index in [0.717, 1.165) is 10.5 Å². The summed E-state index contributed by atoms with van der Waals surface area (Å²) in [6.45, 7) is 1.16. The van der Waals surface area contributed by atoms with Crippen molar-refractivity contribution in [2.75, 3.05) is 19.0 Å². The molecular formula is C22H21ClN6O4. The number of aromatic nitrogens is 3. The number of nitrogens with one attached hydrogen (secondary N) is 2. The van der Waals surface area contributed by atoms with Crippen molar-refractivity contribution in [3.63, 3.8) is 0 Å². The molecule has 33 heavy (non-hydrogen) atoms. The number of imide groups is 1. The summed E-state index contributed by atoms with van der Waals surface area (Å²) < 4.78 is 6.81. The number of carbonyl (C=O) groups is 3. The van der Waals surface area contributed by atoms with E-state index in [1.54, 1.807) is 31.2 Å². The van der Waals surface area contributed by atoms with Crippen LogP contribution >= 0.6 is 11.6 Å². The van der Waals surface area contributed by atoms with E-state index in [1.165, 1.54) is 24.4 Å². The number of rotatable bonds is 7. The third-order valence-electron chi connectivity index (χ3n) is 5.28. The highest BCUT2D eigenvalue weighted by molar-refractivity contribution is 6.31. The predicted molar refractivity (Wildman–Crippen MR) is 120 cm³/mol. The molecule has 0 spiro atoms. The average molecular weight is 469 g/mol. The van der Waals surface area contributed by atoms with E-state index in [0.29, 0.717) is 22.1 Å². The molecule has 10 nitrogen and oxygen atoms in total. The fraction of sp³-hybridized carbons (Fsp3) is 0.227. The molecule has 3 aromatic rings. The number of hydrogen-bond donors (Lipinski definition) is 2. The van der Waals surface area contributed by atoms with E-state index in [9.17, 15) is 14.4 Å². The van der Waals surface area contributed by atoms with E-state index < -0.39 is 29.9 Å². The molecule has 2 aromatic carbocycles. The van der Waals surface area contributed by atoms with E-state index in [-0.39, 0.29) is 6.42 Å². The molecule has 0 radical (unpaired) electrons. The third kappa shape index (κ3) is 4.51. The van der Waals surface area contributed by atoms with Crippen LogP contribution in [0.5, 0.6) is 5.75 Å². The van der Waals surface area contributed by atoms with Crippen molar-refractivity contribution in [2.24, 2.45) is 0 Å². The van der Waals surface area contributed by atoms with E-state index in [2.05, 4.69) is 20.7 Å². The van der Waals surface area contributed by atoms with Gasteiger partial charge in [0, 0.05) is 11.4 Å². The van der Waals surface area contributed by atoms with Crippen LogP contribution in [0.3, 0.4) is 0 Å². The molecule has 170 valence electrons. The molecule has 1 aromatic heterocycles. The van der Waals surface area contributed by atoms with Gasteiger partial charge in [-0.05, 0) is 36.8 Å². The number of amides is 4. The number of urea groups is 1. The average Bonchev–Trinajstić information content (AvgIpc) is 3.38. The SMILES string of the molecule is COc1ccccc1C[C@]1(C)NC(=O)N(CC(=O)Nc2cc(Cl)ccc2-n2cncn2)C1=O. The van der Waals surface area contributed by atoms with Crippen molar-refractivity contribution >= 4 is 35.1 Å². The van der Waals surface area contributed by atoms with Crippen LogP contribution in [0.1, 0.15) is 12.5 Å². The highest BCUT2D eigenvalue weighted by atomic mass is 35.5. The van der Waals surface area contributed by atoms with Crippen LogP contribution in [0.2, 0.25) is 5.02 Å². The zero-order valence-electron chi connectivity index (χ0n) is 17.9. The standard InChI is InChI=1S/C22H21ClN6O4/c1-22(10-14-5-3-4-6-18(14)33-2)20(31)28(21(32)27-22)11-19(30)26-16-9-15(23)7-8-17(16)29-13-24-12-25-29/h3-9,12-13H,10-11H2,1-2H3,(H,26,30)(H,27,32)/t22-/m0/s1. The molecule has 1 saturated heterocycles. The molecule has 11 heteroatoms. The molecule has 0 unspecified atom stereocenters. The Kier molecular flexibility index (Phi) is 6.01. The van der Waals surface area contributed by atoms with Gasteiger partial charge in [-0.25, -0.2) is 14.5 Å². The Morgan fingerprint density at radius 1 is 1.24 bits per heavy atom. The zero-order chi connectivity index (χ0) is 23.6. The van der Waals surface area contributed by atoms with Gasteiger partial charge < -0.3 is 15.4 Å². The van der Waals surface area contributed by atoms with Crippen molar-refractivity contribution < 1.29 is 19.1 Å². The Balaban J connectivity index is 1.50. The van der Waals surface area contributed by atoms with Crippen LogP contribution in [0.15, 0.2) is 55.1 Å². The fourth-order valence-corrected chi connectivity index (χ4v) is 3.89. The molecule has 1 fully saturated rings. The Bertz CT molecular complexity index is 1220. The summed E-state index contributed by atoms with van der Waals surface area (Å²) >= 11 is 6.08. The lowest BCUT2D eigenvalue weighted by Gasteiger charge is -2.22. The lowest BCUT2D eigenvalue weighted by atomic mass is 9.92. The highest BCUT2D eigenvalue weighted by Gasteiger charge is 2.48. The van der Waals surface area contributed by atoms with Crippen LogP contribution in [0.25, 0.3) is 5.69 Å². The maximum atomic E-state index is 13.1. The van der Waals surface area contributed by atoms with Gasteiger partial charge in [-0.2, -0.15) is 5.10 Å². The molecule has 0 bridgehead atoms. The van der Waals surface area contributed by atoms with Gasteiger partial charge in [-0.1, -0.05) is 29.8 Å². The molecular weight excluding hydrogens is 448 g/mol. The molecule has 1 aliphatic heterocycles. The van der Waals surface area contributed by atoms with Crippen LogP contribution in [-0.4, -0.2) is 56.7 Å². The fourth-order valence-electron chi connectivity index (χ4n) is 3.71. The van der Waals surface area contributed by atoms with Crippen LogP contribution in [0.4, 0.5) is 10.5 Å². The van der Waals surface area contributed by atoms with Gasteiger partial charge in [-0.3, -0.25) is 14.5 Å². The molecule has 4 amide bonds. The van der Waals surface area contributed by atoms with Crippen molar-refractivity contribution in [3.8, 4) is 11.4 Å². The second-order valence-electron chi connectivity index (χ2n) is 7.69. The maximum Gasteiger partial charge on any atom is 0.325 e. The van der Waals surface area contributed by atoms with Crippen LogP contribution in [-0.2, 0) is 16.0 Å². The van der Waals surface area contributed by atoms with Gasteiger partial charge >= 0.3 is 6.03 Å². The Morgan fingerprint density at radius 3 is 2.76 bits per heavy atom. The molecule has 1 atom stereocenters. The largest absolute Gasteiger partial charge is 0.496 e. The highest BCUT2D eigenvalue weighted by Crippen LogP contribution is 2.28. The number of ether oxygens (including phenoxy) is 1. The van der Waals surface area contributed by atoms with Gasteiger partial charge in [-0.15, -0.1) is 0 Å². The summed E-state index contributed by atoms with van der Waals surface area (Å²) in [7, 11) is 1.54. The number of benzene rings is 2. The van der Waals surface area contributed by atoms with Crippen molar-refractivity contribution in [2.45, 2.75) is 18.9 Å². The second kappa shape index (κ2) is 8.91. The predicted octanol–water partition coefficient (Wildman–Crippen LogP) is 2.42. The van der Waals surface area contributed by atoms with Gasteiger partial charge in [0.25, 0.3) is 5.91 Å². The first kappa shape index (κ1) is 22.3. The third-order valence-corrected chi connectivity index (χ3v) is 5.52. The smallest absolute Gasteiger partial charge is 0.325 e. The summed E-state index contributed by atoms with van der Waals surface area (Å²) in [6, 6.07) is 11.5. The molecule has 0 aliphatic carbocycles. The van der Waals surface area contributed by atoms with E-state index >= 15 is 0 Å². The summed E-state index contributed by atoms with van der Waals surface area (Å²) in [6.07, 6.45) is 3.04. The number of nitrogens with zero attached hydrogens (tertiary/aromatic N) is 4. The Morgan fingerprint density at radius 2 is 2.03 bits per heavy atom. The summed E-state index contributed by atoms with van der Waals surface area (Å²) in [5.74, 6) is -0.460. The Hall–Kier alpha value is -3.92. The second-order valence-corrected chi connectivity index (χ2v) is 8.13. The first-order valence-electron chi connectivity index (χ1n) is 10.0. The molecule has 0 saturated carbocycles. The van der Waals surface area contributed by atoms with Crippen LogP contribution in [0, 0.1) is 0 Å². The minimum absolute atomic E-state index is 0.213. The first-order chi connectivity index (χ1) is 15.8. The number of halogens is 1. The van der Waals surface area contributed by atoms with E-state index in [4.69, 9.17) is 16.3 Å². The maximum absolute atomic E-state index is 13.1. The van der Waals surface area contributed by atoms with Gasteiger partial charge in [0.1, 0.15) is 30.5 Å². The zero-order valence-corrected chi connectivity index (χ0v) is 18.7. The lowest BCUT2D eigenvalue weighted by Crippen LogP contribution is -2.46. The minimum atomic E-state index is -1.21. The van der Waals surface area contributed by atoms with E-state index in [1.807, 2.05) is 18.2 Å².